The van der Waals surface area contributed by atoms with Crippen LogP contribution in [-0.2, 0) is 20.2 Å². The predicted octanol–water partition coefficient (Wildman–Crippen LogP) is 6.66. The van der Waals surface area contributed by atoms with E-state index in [1.54, 1.807) is 26.0 Å². The second kappa shape index (κ2) is 14.1. The molecule has 54 heavy (non-hydrogen) atoms. The lowest BCUT2D eigenvalue weighted by atomic mass is 10.1. The number of aromatic hydroxyl groups is 2. The second-order valence-corrected chi connectivity index (χ2v) is 14.9. The van der Waals surface area contributed by atoms with Crippen molar-refractivity contribution in [1.82, 2.24) is 0 Å². The molecule has 0 aliphatic carbocycles. The molecule has 6 aromatic rings. The zero-order valence-corrected chi connectivity index (χ0v) is 29.8. The Morgan fingerprint density at radius 2 is 0.907 bits per heavy atom. The van der Waals surface area contributed by atoms with E-state index in [9.17, 15) is 50.5 Å². The molecule has 0 bridgehead atoms. The van der Waals surface area contributed by atoms with E-state index < -0.39 is 59.4 Å². The molecular weight excluding hydrogens is 741 g/mol. The number of fused-ring (bicyclic) bond motifs is 2. The fraction of sp³-hybridized carbons (Fsp3) is 0.0541. The highest BCUT2D eigenvalue weighted by Gasteiger charge is 2.22. The Morgan fingerprint density at radius 1 is 0.519 bits per heavy atom. The van der Waals surface area contributed by atoms with Gasteiger partial charge in [0.2, 0.25) is 0 Å². The van der Waals surface area contributed by atoms with Crippen LogP contribution in [0.5, 0.6) is 11.5 Å². The van der Waals surface area contributed by atoms with Gasteiger partial charge in [-0.05, 0) is 84.3 Å². The van der Waals surface area contributed by atoms with Crippen molar-refractivity contribution in [1.29, 1.82) is 0 Å². The highest BCUT2D eigenvalue weighted by atomic mass is 32.2. The van der Waals surface area contributed by atoms with E-state index >= 15 is 0 Å². The number of hydrogen-bond acceptors (Lipinski definition) is 9. The minimum absolute atomic E-state index is 0.102. The number of phenolic OH excluding ortho intramolecular Hbond substituents is 2. The summed E-state index contributed by atoms with van der Waals surface area (Å²) in [5, 5.41) is 32.3. The molecule has 8 N–H and O–H groups in total. The van der Waals surface area contributed by atoms with Crippen molar-refractivity contribution in [2.45, 2.75) is 23.6 Å². The van der Waals surface area contributed by atoms with Crippen LogP contribution in [0.15, 0.2) is 107 Å². The van der Waals surface area contributed by atoms with Gasteiger partial charge in [0.15, 0.2) is 0 Å². The number of aryl methyl sites for hydroxylation is 2. The lowest BCUT2D eigenvalue weighted by Gasteiger charge is -2.15. The molecule has 15 nitrogen and oxygen atoms in total. The average molecular weight is 771 g/mol. The van der Waals surface area contributed by atoms with E-state index in [4.69, 9.17) is 0 Å². The van der Waals surface area contributed by atoms with Crippen molar-refractivity contribution in [3.63, 3.8) is 0 Å². The van der Waals surface area contributed by atoms with Crippen LogP contribution in [0.4, 0.5) is 27.5 Å². The van der Waals surface area contributed by atoms with Crippen molar-refractivity contribution >= 4 is 82.4 Å². The second-order valence-electron chi connectivity index (χ2n) is 12.1. The first kappa shape index (κ1) is 37.2. The summed E-state index contributed by atoms with van der Waals surface area (Å²) in [6.45, 7) is 3.28. The van der Waals surface area contributed by atoms with Crippen LogP contribution < -0.4 is 21.3 Å². The monoisotopic (exact) mass is 770 g/mol. The summed E-state index contributed by atoms with van der Waals surface area (Å²) in [6, 6.07) is 21.9. The van der Waals surface area contributed by atoms with Gasteiger partial charge in [-0.3, -0.25) is 18.7 Å². The molecule has 17 heteroatoms. The number of hydrogen-bond donors (Lipinski definition) is 8. The number of anilines is 4. The molecule has 0 saturated carbocycles. The van der Waals surface area contributed by atoms with E-state index in [0.29, 0.717) is 21.9 Å². The standard InChI is InChI=1S/C37H30N4O11S2/c1-19-9-13-23(17-25(19)35(44)40-27-15-11-21-5-3-7-29(53(47,48)49)31(21)33(27)42)38-37(46)39-24-14-10-20(2)26(18-24)36(45)41-28-16-12-22-6-4-8-30(54(50,51)52)32(22)34(28)43/h3-18,42-43H,1-2H3,(H,40,44)(H,41,45)(H2,38,39,46)(H,47,48,49)(H,50,51,52). The van der Waals surface area contributed by atoms with Gasteiger partial charge in [0, 0.05) is 33.3 Å². The van der Waals surface area contributed by atoms with Gasteiger partial charge in [-0.1, -0.05) is 48.5 Å². The summed E-state index contributed by atoms with van der Waals surface area (Å²) in [5.41, 5.74) is 1.34. The molecule has 6 aromatic carbocycles. The zero-order chi connectivity index (χ0) is 39.1. The maximum absolute atomic E-state index is 13.3. The van der Waals surface area contributed by atoms with Crippen LogP contribution in [0, 0.1) is 13.8 Å². The molecule has 0 atom stereocenters. The van der Waals surface area contributed by atoms with Crippen LogP contribution in [0.3, 0.4) is 0 Å². The molecular formula is C37H30N4O11S2. The number of phenols is 2. The van der Waals surface area contributed by atoms with E-state index in [-0.39, 0.29) is 44.6 Å². The van der Waals surface area contributed by atoms with Gasteiger partial charge < -0.3 is 31.5 Å². The summed E-state index contributed by atoms with van der Waals surface area (Å²) in [7, 11) is -9.41. The summed E-state index contributed by atoms with van der Waals surface area (Å²) in [4.78, 5) is 38.6. The number of carbonyl (C=O) groups excluding carboxylic acids is 3. The minimum atomic E-state index is -4.70. The molecule has 0 unspecified atom stereocenters. The van der Waals surface area contributed by atoms with Crippen LogP contribution in [0.25, 0.3) is 21.5 Å². The molecule has 0 heterocycles. The van der Waals surface area contributed by atoms with E-state index in [0.717, 1.165) is 12.1 Å². The molecule has 6 rings (SSSR count). The minimum Gasteiger partial charge on any atom is -0.505 e. The Morgan fingerprint density at radius 3 is 1.28 bits per heavy atom. The average Bonchev–Trinajstić information content (AvgIpc) is 3.11. The van der Waals surface area contributed by atoms with Crippen LogP contribution in [0.2, 0.25) is 0 Å². The summed E-state index contributed by atoms with van der Waals surface area (Å²) < 4.78 is 67.0. The first-order chi connectivity index (χ1) is 25.4. The SMILES string of the molecule is Cc1ccc(NC(=O)Nc2ccc(C)c(C(=O)Nc3ccc4cccc(S(=O)(=O)O)c4c3O)c2)cc1C(=O)Nc1ccc2cccc(S(=O)(=O)O)c2c1O. The van der Waals surface area contributed by atoms with Crippen LogP contribution in [-0.4, -0.2) is 54.0 Å². The van der Waals surface area contributed by atoms with E-state index in [1.165, 1.54) is 72.8 Å². The van der Waals surface area contributed by atoms with Crippen molar-refractivity contribution in [3.05, 3.63) is 119 Å². The molecule has 4 amide bonds. The number of amides is 4. The lowest BCUT2D eigenvalue weighted by Crippen LogP contribution is -2.21. The van der Waals surface area contributed by atoms with Gasteiger partial charge in [0.25, 0.3) is 32.1 Å². The fourth-order valence-electron chi connectivity index (χ4n) is 5.85. The normalized spacial score (nSPS) is 11.6. The third kappa shape index (κ3) is 7.50. The van der Waals surface area contributed by atoms with Gasteiger partial charge in [-0.2, -0.15) is 16.8 Å². The molecule has 0 fully saturated rings. The Kier molecular flexibility index (Phi) is 9.74. The highest BCUT2D eigenvalue weighted by Crippen LogP contribution is 2.38. The van der Waals surface area contributed by atoms with Crippen molar-refractivity contribution in [3.8, 4) is 11.5 Å². The van der Waals surface area contributed by atoms with E-state index in [2.05, 4.69) is 21.3 Å². The summed E-state index contributed by atoms with van der Waals surface area (Å²) >= 11 is 0. The molecule has 0 aromatic heterocycles. The molecule has 0 radical (unpaired) electrons. The quantitative estimate of drug-likeness (QED) is 0.0600. The van der Waals surface area contributed by atoms with Gasteiger partial charge in [0.05, 0.1) is 11.4 Å². The van der Waals surface area contributed by atoms with Gasteiger partial charge in [-0.25, -0.2) is 4.79 Å². The topological polar surface area (TPSA) is 249 Å². The Labute approximate surface area is 307 Å². The highest BCUT2D eigenvalue weighted by molar-refractivity contribution is 7.86. The molecule has 0 spiro atoms. The first-order valence-electron chi connectivity index (χ1n) is 15.8. The van der Waals surface area contributed by atoms with Gasteiger partial charge >= 0.3 is 6.03 Å². The maximum atomic E-state index is 13.3. The Balaban J connectivity index is 1.18. The summed E-state index contributed by atoms with van der Waals surface area (Å²) in [6.07, 6.45) is 0. The van der Waals surface area contributed by atoms with Crippen molar-refractivity contribution < 1.29 is 50.5 Å². The largest absolute Gasteiger partial charge is 0.505 e. The predicted molar refractivity (Wildman–Crippen MR) is 202 cm³/mol. The number of urea groups is 1. The Hall–Kier alpha value is -6.53. The molecule has 0 aliphatic rings. The van der Waals surface area contributed by atoms with E-state index in [1.807, 2.05) is 0 Å². The maximum Gasteiger partial charge on any atom is 0.323 e. The third-order valence-electron chi connectivity index (χ3n) is 8.49. The number of nitrogens with one attached hydrogen (secondary N) is 4. The van der Waals surface area contributed by atoms with Crippen LogP contribution >= 0.6 is 0 Å². The summed E-state index contributed by atoms with van der Waals surface area (Å²) in [5.74, 6) is -2.55. The van der Waals surface area contributed by atoms with Crippen LogP contribution in [0.1, 0.15) is 31.8 Å². The number of rotatable bonds is 8. The zero-order valence-electron chi connectivity index (χ0n) is 28.2. The van der Waals surface area contributed by atoms with Gasteiger partial charge in [0.1, 0.15) is 21.3 Å². The molecule has 276 valence electrons. The fourth-order valence-corrected chi connectivity index (χ4v) is 7.29. The molecule has 0 saturated heterocycles. The smallest absolute Gasteiger partial charge is 0.323 e. The number of carbonyl (C=O) groups is 3. The number of benzene rings is 6. The Bertz CT molecular complexity index is 2600. The van der Waals surface area contributed by atoms with Crippen molar-refractivity contribution in [2.75, 3.05) is 21.3 Å². The lowest BCUT2D eigenvalue weighted by molar-refractivity contribution is 0.101. The van der Waals surface area contributed by atoms with Crippen molar-refractivity contribution in [2.24, 2.45) is 0 Å². The first-order valence-corrected chi connectivity index (χ1v) is 18.7. The third-order valence-corrected chi connectivity index (χ3v) is 10.3. The molecule has 0 aliphatic heterocycles. The van der Waals surface area contributed by atoms with Gasteiger partial charge in [-0.15, -0.1) is 0 Å².